The minimum Gasteiger partial charge on any atom is -0.507 e. The lowest BCUT2D eigenvalue weighted by Gasteiger charge is -2.40. The molecule has 2 heterocycles. The number of phenolic OH excluding ortho intramolecular Hbond substituents is 1. The standard InChI is InChI=1S/C28H35BrN4O4/c1-4-5-19(2)25-26(20-6-8-21(29)9-7-20)33(28(36)32-14-12-31(13-15-32)16-17-34)27(30-25)23-11-10-22(37-3)18-24(23)35/h4-11,18,25-27,30,34-35H,1,12-17H2,2-3H3/b19-5+. The van der Waals surface area contributed by atoms with Crippen molar-refractivity contribution in [1.29, 1.82) is 0 Å². The minimum absolute atomic E-state index is 0.0583. The first-order valence-corrected chi connectivity index (χ1v) is 13.2. The molecule has 0 bridgehead atoms. The zero-order valence-electron chi connectivity index (χ0n) is 21.3. The molecule has 0 aliphatic carbocycles. The van der Waals surface area contributed by atoms with E-state index in [1.165, 1.54) is 0 Å². The molecule has 2 aromatic rings. The number of amides is 2. The van der Waals surface area contributed by atoms with Gasteiger partial charge in [-0.15, -0.1) is 0 Å². The van der Waals surface area contributed by atoms with E-state index in [4.69, 9.17) is 4.74 Å². The van der Waals surface area contributed by atoms with Crippen LogP contribution in [-0.4, -0.2) is 83.4 Å². The van der Waals surface area contributed by atoms with Gasteiger partial charge in [0.05, 0.1) is 25.8 Å². The molecule has 2 fully saturated rings. The lowest BCUT2D eigenvalue weighted by atomic mass is 9.94. The van der Waals surface area contributed by atoms with Crippen LogP contribution in [0, 0.1) is 0 Å². The average Bonchev–Trinajstić information content (AvgIpc) is 3.30. The van der Waals surface area contributed by atoms with E-state index in [0.29, 0.717) is 44.0 Å². The van der Waals surface area contributed by atoms with Gasteiger partial charge in [-0.2, -0.15) is 0 Å². The lowest BCUT2D eigenvalue weighted by molar-refractivity contribution is 0.0893. The van der Waals surface area contributed by atoms with Crippen molar-refractivity contribution in [2.24, 2.45) is 0 Å². The number of phenols is 1. The molecule has 0 aromatic heterocycles. The van der Waals surface area contributed by atoms with Gasteiger partial charge in [0.25, 0.3) is 0 Å². The zero-order chi connectivity index (χ0) is 26.5. The van der Waals surface area contributed by atoms with Gasteiger partial charge in [0.2, 0.25) is 0 Å². The number of carbonyl (C=O) groups is 1. The molecule has 3 atom stereocenters. The number of nitrogens with zero attached hydrogens (tertiary/aromatic N) is 3. The third kappa shape index (κ3) is 5.85. The molecule has 3 N–H and O–H groups in total. The van der Waals surface area contributed by atoms with E-state index in [9.17, 15) is 15.0 Å². The van der Waals surface area contributed by atoms with Crippen LogP contribution in [0.2, 0.25) is 0 Å². The molecule has 0 saturated carbocycles. The van der Waals surface area contributed by atoms with Gasteiger partial charge in [0.15, 0.2) is 0 Å². The Morgan fingerprint density at radius 1 is 1.19 bits per heavy atom. The van der Waals surface area contributed by atoms with Crippen molar-refractivity contribution < 1.29 is 19.7 Å². The van der Waals surface area contributed by atoms with E-state index in [-0.39, 0.29) is 30.5 Å². The number of halogens is 1. The summed E-state index contributed by atoms with van der Waals surface area (Å²) in [6.45, 7) is 9.13. The predicted molar refractivity (Wildman–Crippen MR) is 147 cm³/mol. The molecule has 2 aliphatic heterocycles. The predicted octanol–water partition coefficient (Wildman–Crippen LogP) is 4.04. The number of hydrogen-bond donors (Lipinski definition) is 3. The fraction of sp³-hybridized carbons (Fsp3) is 0.393. The molecule has 3 unspecified atom stereocenters. The van der Waals surface area contributed by atoms with E-state index in [1.54, 1.807) is 31.4 Å². The number of ether oxygens (including phenoxy) is 1. The van der Waals surface area contributed by atoms with Crippen molar-refractivity contribution in [2.45, 2.75) is 25.2 Å². The molecule has 198 valence electrons. The monoisotopic (exact) mass is 570 g/mol. The van der Waals surface area contributed by atoms with Crippen LogP contribution in [0.5, 0.6) is 11.5 Å². The van der Waals surface area contributed by atoms with Gasteiger partial charge in [-0.25, -0.2) is 4.79 Å². The molecule has 0 spiro atoms. The molecule has 8 nitrogen and oxygen atoms in total. The highest BCUT2D eigenvalue weighted by Crippen LogP contribution is 2.44. The van der Waals surface area contributed by atoms with Crippen LogP contribution in [0.1, 0.15) is 30.3 Å². The molecule has 0 radical (unpaired) electrons. The Morgan fingerprint density at radius 2 is 1.89 bits per heavy atom. The number of hydrogen-bond acceptors (Lipinski definition) is 6. The third-order valence-corrected chi connectivity index (χ3v) is 7.65. The van der Waals surface area contributed by atoms with Crippen molar-refractivity contribution in [1.82, 2.24) is 20.0 Å². The van der Waals surface area contributed by atoms with Crippen molar-refractivity contribution in [3.05, 3.63) is 82.4 Å². The number of urea groups is 1. The molecular weight excluding hydrogens is 536 g/mol. The van der Waals surface area contributed by atoms with Crippen LogP contribution < -0.4 is 10.1 Å². The second-order valence-electron chi connectivity index (χ2n) is 9.36. The third-order valence-electron chi connectivity index (χ3n) is 7.13. The summed E-state index contributed by atoms with van der Waals surface area (Å²) in [7, 11) is 1.55. The molecule has 4 rings (SSSR count). The second-order valence-corrected chi connectivity index (χ2v) is 10.3. The van der Waals surface area contributed by atoms with E-state index in [0.717, 1.165) is 15.6 Å². The number of aliphatic hydroxyl groups excluding tert-OH is 1. The SMILES string of the molecule is C=C/C=C(\C)C1NC(c2ccc(OC)cc2O)N(C(=O)N2CCN(CCO)CC2)C1c1ccc(Br)cc1. The van der Waals surface area contributed by atoms with Crippen LogP contribution in [0.4, 0.5) is 4.79 Å². The number of nitrogens with one attached hydrogen (secondary N) is 1. The number of benzene rings is 2. The van der Waals surface area contributed by atoms with Gasteiger partial charge in [-0.3, -0.25) is 15.1 Å². The van der Waals surface area contributed by atoms with Crippen LogP contribution in [0.3, 0.4) is 0 Å². The highest BCUT2D eigenvalue weighted by Gasteiger charge is 2.47. The molecule has 2 aliphatic rings. The van der Waals surface area contributed by atoms with Crippen molar-refractivity contribution >= 4 is 22.0 Å². The van der Waals surface area contributed by atoms with Gasteiger partial charge in [0.1, 0.15) is 17.7 Å². The first-order chi connectivity index (χ1) is 17.9. The normalized spacial score (nSPS) is 22.8. The minimum atomic E-state index is -0.569. The highest BCUT2D eigenvalue weighted by molar-refractivity contribution is 9.10. The molecule has 2 saturated heterocycles. The van der Waals surface area contributed by atoms with Gasteiger partial charge in [0, 0.05) is 48.8 Å². The number of carbonyl (C=O) groups excluding carboxylic acids is 1. The van der Waals surface area contributed by atoms with Crippen molar-refractivity contribution in [2.75, 3.05) is 46.4 Å². The first-order valence-electron chi connectivity index (χ1n) is 12.5. The molecule has 9 heteroatoms. The van der Waals surface area contributed by atoms with E-state index in [1.807, 2.05) is 47.1 Å². The van der Waals surface area contributed by atoms with Crippen molar-refractivity contribution in [3.8, 4) is 11.5 Å². The van der Waals surface area contributed by atoms with Gasteiger partial charge < -0.3 is 19.8 Å². The first kappa shape index (κ1) is 27.2. The van der Waals surface area contributed by atoms with Gasteiger partial charge in [-0.05, 0) is 36.8 Å². The quantitative estimate of drug-likeness (QED) is 0.435. The summed E-state index contributed by atoms with van der Waals surface area (Å²) in [4.78, 5) is 20.1. The fourth-order valence-electron chi connectivity index (χ4n) is 5.16. The average molecular weight is 572 g/mol. The van der Waals surface area contributed by atoms with Crippen LogP contribution >= 0.6 is 15.9 Å². The number of allylic oxidation sites excluding steroid dienone is 2. The molecule has 2 amide bonds. The summed E-state index contributed by atoms with van der Waals surface area (Å²) in [6, 6.07) is 12.6. The van der Waals surface area contributed by atoms with E-state index < -0.39 is 6.17 Å². The molecular formula is C28H35BrN4O4. The van der Waals surface area contributed by atoms with Crippen LogP contribution in [-0.2, 0) is 0 Å². The maximum absolute atomic E-state index is 14.2. The Hall–Kier alpha value is -2.85. The lowest BCUT2D eigenvalue weighted by Crippen LogP contribution is -2.53. The number of aromatic hydroxyl groups is 1. The zero-order valence-corrected chi connectivity index (χ0v) is 22.9. The summed E-state index contributed by atoms with van der Waals surface area (Å²) < 4.78 is 6.25. The Kier molecular flexibility index (Phi) is 8.91. The van der Waals surface area contributed by atoms with E-state index >= 15 is 0 Å². The topological polar surface area (TPSA) is 88.5 Å². The number of rotatable bonds is 7. The summed E-state index contributed by atoms with van der Waals surface area (Å²) in [5.74, 6) is 0.601. The van der Waals surface area contributed by atoms with E-state index in [2.05, 4.69) is 32.7 Å². The second kappa shape index (κ2) is 12.1. The molecule has 2 aromatic carbocycles. The number of β-amino-alcohol motifs (C(OH)–C–C–N with tert-alkyl or cyclic N) is 1. The van der Waals surface area contributed by atoms with Gasteiger partial charge >= 0.3 is 6.03 Å². The number of piperazine rings is 1. The Bertz CT molecular complexity index is 1130. The Morgan fingerprint density at radius 3 is 2.49 bits per heavy atom. The number of aliphatic hydroxyl groups is 1. The molecule has 37 heavy (non-hydrogen) atoms. The smallest absolute Gasteiger partial charge is 0.322 e. The summed E-state index contributed by atoms with van der Waals surface area (Å²) in [5, 5.41) is 23.9. The Balaban J connectivity index is 1.78. The highest BCUT2D eigenvalue weighted by atomic mass is 79.9. The number of methoxy groups -OCH3 is 1. The van der Waals surface area contributed by atoms with Crippen LogP contribution in [0.25, 0.3) is 0 Å². The summed E-state index contributed by atoms with van der Waals surface area (Å²) in [5.41, 5.74) is 2.62. The van der Waals surface area contributed by atoms with Crippen molar-refractivity contribution in [3.63, 3.8) is 0 Å². The largest absolute Gasteiger partial charge is 0.507 e. The maximum Gasteiger partial charge on any atom is 0.322 e. The maximum atomic E-state index is 14.2. The summed E-state index contributed by atoms with van der Waals surface area (Å²) in [6.07, 6.45) is 3.14. The van der Waals surface area contributed by atoms with Gasteiger partial charge in [-0.1, -0.05) is 52.4 Å². The summed E-state index contributed by atoms with van der Waals surface area (Å²) >= 11 is 3.52. The fourth-order valence-corrected chi connectivity index (χ4v) is 5.43. The Labute approximate surface area is 226 Å². The van der Waals surface area contributed by atoms with Crippen LogP contribution in [0.15, 0.2) is 71.2 Å².